The van der Waals surface area contributed by atoms with Crippen molar-refractivity contribution in [3.05, 3.63) is 148 Å². The third-order valence-electron chi connectivity index (χ3n) is 17.9. The lowest BCUT2D eigenvalue weighted by atomic mass is 9.71. The Morgan fingerprint density at radius 1 is 0.850 bits per heavy atom. The Bertz CT molecular complexity index is 3070. The first-order valence-corrected chi connectivity index (χ1v) is 29.7. The number of rotatable bonds is 10. The predicted octanol–water partition coefficient (Wildman–Crippen LogP) is 10.2. The summed E-state index contributed by atoms with van der Waals surface area (Å²) in [5.41, 5.74) is 8.74. The van der Waals surface area contributed by atoms with Crippen molar-refractivity contribution in [3.63, 3.8) is 0 Å². The van der Waals surface area contributed by atoms with E-state index in [1.807, 2.05) is 12.3 Å². The number of phenols is 1. The summed E-state index contributed by atoms with van der Waals surface area (Å²) in [6.45, 7) is 10.4. The van der Waals surface area contributed by atoms with E-state index in [-0.39, 0.29) is 60.5 Å². The maximum Gasteiger partial charge on any atom is 0.173 e. The number of hydrogen-bond acceptors (Lipinski definition) is 11. The van der Waals surface area contributed by atoms with Crippen molar-refractivity contribution in [1.82, 2.24) is 15.6 Å². The number of H-pyrrole nitrogens is 1. The molecule has 9 bridgehead atoms. The van der Waals surface area contributed by atoms with Crippen LogP contribution in [0.2, 0.25) is 0 Å². The zero-order chi connectivity index (χ0) is 56.5. The van der Waals surface area contributed by atoms with Crippen LogP contribution in [0.15, 0.2) is 109 Å². The van der Waals surface area contributed by atoms with Gasteiger partial charge in [0.1, 0.15) is 5.82 Å². The van der Waals surface area contributed by atoms with Crippen LogP contribution in [0.3, 0.4) is 0 Å². The number of aryl methyl sites for hydroxylation is 2. The summed E-state index contributed by atoms with van der Waals surface area (Å²) < 4.78 is 5.62. The molecule has 0 saturated heterocycles. The number of aromatic nitrogens is 1. The van der Waals surface area contributed by atoms with Gasteiger partial charge < -0.3 is 51.2 Å². The number of ketones is 2. The largest absolute Gasteiger partial charge is 0.504 e. The quantitative estimate of drug-likeness (QED) is 0.0477. The van der Waals surface area contributed by atoms with Gasteiger partial charge in [-0.25, -0.2) is 0 Å². The predicted molar refractivity (Wildman–Crippen MR) is 317 cm³/mol. The zero-order valence-electron chi connectivity index (χ0n) is 47.6. The molecule has 0 amide bonds. The van der Waals surface area contributed by atoms with Crippen LogP contribution in [0.25, 0.3) is 10.8 Å². The van der Waals surface area contributed by atoms with E-state index in [9.17, 15) is 30.3 Å². The highest BCUT2D eigenvalue weighted by Crippen LogP contribution is 2.48. The van der Waals surface area contributed by atoms with Crippen molar-refractivity contribution < 1.29 is 39.9 Å². The van der Waals surface area contributed by atoms with Crippen molar-refractivity contribution in [3.8, 4) is 23.3 Å². The number of methoxy groups -OCH3 is 1. The molecule has 80 heavy (non-hydrogen) atoms. The molecular weight excluding hydrogens is 1000 g/mol. The second-order valence-corrected chi connectivity index (χ2v) is 24.0. The normalized spacial score (nSPS) is 27.1. The molecule has 4 aliphatic rings. The third-order valence-corrected chi connectivity index (χ3v) is 17.9. The number of carbonyl (C=O) groups is 2. The van der Waals surface area contributed by atoms with E-state index in [1.54, 1.807) is 12.1 Å². The number of benzene rings is 4. The average molecular weight is 1090 g/mol. The summed E-state index contributed by atoms with van der Waals surface area (Å²) in [6, 6.07) is 26.6. The second kappa shape index (κ2) is 27.0. The fourth-order valence-electron chi connectivity index (χ4n) is 13.5. The number of anilines is 1. The Morgan fingerprint density at radius 3 is 2.48 bits per heavy atom. The van der Waals surface area contributed by atoms with E-state index in [0.717, 1.165) is 86.2 Å². The Labute approximate surface area is 473 Å². The molecule has 426 valence electrons. The number of aromatic amines is 1. The number of hydrogen-bond donors (Lipinski definition) is 9. The lowest BCUT2D eigenvalue weighted by molar-refractivity contribution is -0.142. The molecule has 12 nitrogen and oxygen atoms in total. The molecule has 12 heteroatoms. The number of aliphatic hydroxyl groups excluding tert-OH is 4. The topological polar surface area (TPSA) is 196 Å². The van der Waals surface area contributed by atoms with Crippen LogP contribution in [0.1, 0.15) is 136 Å². The highest BCUT2D eigenvalue weighted by atomic mass is 16.5. The van der Waals surface area contributed by atoms with E-state index in [2.05, 4.69) is 133 Å². The number of aliphatic hydroxyl groups is 4. The number of allylic oxidation sites excluding steroid dienone is 2. The second-order valence-electron chi connectivity index (χ2n) is 24.0. The molecular formula is C68H86N4O8. The number of phenolic OH excluding ortho intramolecular Hbond substituents is 1. The fraction of sp³-hybridized carbons (Fsp3) is 0.500. The van der Waals surface area contributed by atoms with Crippen LogP contribution < -0.4 is 20.7 Å². The molecule has 0 radical (unpaired) electrons. The molecule has 1 saturated carbocycles. The van der Waals surface area contributed by atoms with Crippen LogP contribution >= 0.6 is 0 Å². The van der Waals surface area contributed by atoms with Gasteiger partial charge in [0.05, 0.1) is 25.2 Å². The van der Waals surface area contributed by atoms with Gasteiger partial charge in [-0.1, -0.05) is 101 Å². The van der Waals surface area contributed by atoms with Crippen molar-refractivity contribution in [2.45, 2.75) is 141 Å². The fourth-order valence-corrected chi connectivity index (χ4v) is 13.5. The van der Waals surface area contributed by atoms with Crippen LogP contribution in [-0.4, -0.2) is 93.7 Å². The Kier molecular flexibility index (Phi) is 19.8. The highest BCUT2D eigenvalue weighted by Gasteiger charge is 2.45. The van der Waals surface area contributed by atoms with Crippen LogP contribution in [0.4, 0.5) is 5.69 Å². The molecule has 9 N–H and O–H groups in total. The van der Waals surface area contributed by atoms with E-state index in [0.29, 0.717) is 76.9 Å². The van der Waals surface area contributed by atoms with Gasteiger partial charge in [0.15, 0.2) is 29.2 Å². The number of carbonyl (C=O) groups excluding carboxylic acids is 2. The molecule has 0 unspecified atom stereocenters. The number of ether oxygens (including phenoxy) is 1. The van der Waals surface area contributed by atoms with Crippen molar-refractivity contribution in [1.29, 1.82) is 0 Å². The molecule has 5 aromatic rings. The van der Waals surface area contributed by atoms with Crippen LogP contribution in [-0.2, 0) is 35.3 Å². The standard InChI is InChI=1S/C68H86N4O8/c1-6-10-58-51-30-50(29-46-19-22-59(57-12-8-7-11-45(57)16-14-41(2)3)60-37-64(77)65(80-5)34-47(60)20-23-62(75)68(79)67(78)61(46)33-51)56(13-9-26-73)48-24-25-70-66(35-48)72-53-21-18-44-17-15-43(27-49(44)31-53)28-55(74)40-69-38-42(4)52-32-54(71-39-52)36-63(58)76/h7-8,11-12,15,17-18,21,24,27,31-32,34-35,37,39,41-42,46,50-51,55-56,58-59,61,63,68-74,76-77,79H,6,9-10,13-14,16,20,23,25-26,28-30,33,36,38,40H2,1-5H3/t42-,46-,50+,51-,55+,56-,58+,59+,61-,63-,68+/m1/s1. The number of dihydropyridines is 1. The van der Waals surface area contributed by atoms with Gasteiger partial charge in [-0.15, -0.1) is 0 Å². The third kappa shape index (κ3) is 14.1. The molecule has 11 atom stereocenters. The van der Waals surface area contributed by atoms with Gasteiger partial charge in [-0.05, 0) is 186 Å². The van der Waals surface area contributed by atoms with E-state index < -0.39 is 47.6 Å². The van der Waals surface area contributed by atoms with Crippen molar-refractivity contribution in [2.24, 2.45) is 41.4 Å². The van der Waals surface area contributed by atoms with Crippen molar-refractivity contribution in [2.75, 3.05) is 38.7 Å². The first kappa shape index (κ1) is 58.5. The minimum atomic E-state index is -1.87. The first-order valence-electron chi connectivity index (χ1n) is 29.7. The van der Waals surface area contributed by atoms with Crippen LogP contribution in [0, 0.1) is 53.3 Å². The minimum Gasteiger partial charge on any atom is -0.504 e. The number of β-amino-alcohol motifs (C(OH)–C–C–N with tert-alkyl or cyclic N) is 1. The lowest BCUT2D eigenvalue weighted by Gasteiger charge is -2.36. The van der Waals surface area contributed by atoms with Crippen LogP contribution in [0.5, 0.6) is 11.5 Å². The highest BCUT2D eigenvalue weighted by molar-refractivity contribution is 6.06. The number of Topliss-reactive ketones (excluding diaryl/α,β-unsaturated/α-hetero) is 2. The van der Waals surface area contributed by atoms with Gasteiger partial charge in [0, 0.05) is 68.5 Å². The van der Waals surface area contributed by atoms with Gasteiger partial charge in [0.2, 0.25) is 0 Å². The van der Waals surface area contributed by atoms with Gasteiger partial charge >= 0.3 is 0 Å². The molecule has 0 spiro atoms. The SMILES string of the molecule is CCC[C@H]1[C@@H]2C[C@H](C[C@H]3C#C[C@@H](c4ccccc4CCC(C)C)c4cc(O)c(OC)cc4CCC(=O)[C@H](O)C(=O)[C@@H]3C2)[C@H](CCCO)C2=CCNC(=C2)Nc2ccc3ccc(cc3c2)C[C@H](O)CNC[C@@H](C)c2c[nH]c(c2)C[C@H]1O. The van der Waals surface area contributed by atoms with Gasteiger partial charge in [-0.2, -0.15) is 0 Å². The number of nitrogens with one attached hydrogen (secondary N) is 4. The monoisotopic (exact) mass is 1090 g/mol. The number of aromatic hydroxyl groups is 1. The molecule has 2 aliphatic carbocycles. The number of fused-ring (bicyclic) bond motifs is 9. The molecule has 1 aromatic heterocycles. The molecule has 2 aliphatic heterocycles. The summed E-state index contributed by atoms with van der Waals surface area (Å²) in [4.78, 5) is 33.2. The Balaban J connectivity index is 1.20. The lowest BCUT2D eigenvalue weighted by Crippen LogP contribution is -2.40. The summed E-state index contributed by atoms with van der Waals surface area (Å²) in [7, 11) is 1.49. The van der Waals surface area contributed by atoms with E-state index in [4.69, 9.17) is 4.74 Å². The van der Waals surface area contributed by atoms with Gasteiger partial charge in [0.25, 0.3) is 0 Å². The van der Waals surface area contributed by atoms with E-state index in [1.165, 1.54) is 7.11 Å². The summed E-state index contributed by atoms with van der Waals surface area (Å²) in [5.74, 6) is 5.51. The molecule has 4 aromatic carbocycles. The summed E-state index contributed by atoms with van der Waals surface area (Å²) in [5, 5.41) is 70.9. The van der Waals surface area contributed by atoms with Crippen molar-refractivity contribution >= 4 is 28.0 Å². The first-order chi connectivity index (χ1) is 38.7. The minimum absolute atomic E-state index is 0.000676. The van der Waals surface area contributed by atoms with E-state index >= 15 is 4.79 Å². The smallest absolute Gasteiger partial charge is 0.173 e. The summed E-state index contributed by atoms with van der Waals surface area (Å²) >= 11 is 0. The molecule has 3 heterocycles. The maximum atomic E-state index is 15.4. The van der Waals surface area contributed by atoms with Gasteiger partial charge in [-0.3, -0.25) is 9.59 Å². The molecule has 9 rings (SSSR count). The Hall–Kier alpha value is -6.20. The average Bonchev–Trinajstić information content (AvgIpc) is 3.91. The molecule has 1 fully saturated rings. The maximum absolute atomic E-state index is 15.4. The summed E-state index contributed by atoms with van der Waals surface area (Å²) in [6.07, 6.45) is 10.1. The zero-order valence-corrected chi connectivity index (χ0v) is 47.6. The Morgan fingerprint density at radius 2 is 1.68 bits per heavy atom.